The number of hydrogen-bond acceptors (Lipinski definition) is 4. The van der Waals surface area contributed by atoms with Crippen LogP contribution in [0.15, 0.2) is 54.7 Å². The van der Waals surface area contributed by atoms with Crippen molar-refractivity contribution in [2.45, 2.75) is 25.3 Å². The number of carbonyl (C=O) groups excluding carboxylic acids is 3. The summed E-state index contributed by atoms with van der Waals surface area (Å²) in [4.78, 5) is 42.1. The van der Waals surface area contributed by atoms with E-state index in [4.69, 9.17) is 4.74 Å². The summed E-state index contributed by atoms with van der Waals surface area (Å²) in [5.41, 5.74) is 1.80. The average Bonchev–Trinajstić information content (AvgIpc) is 3.28. The predicted molar refractivity (Wildman–Crippen MR) is 120 cm³/mol. The predicted octanol–water partition coefficient (Wildman–Crippen LogP) is 2.39. The number of amides is 4. The highest BCUT2D eigenvalue weighted by Gasteiger charge is 2.48. The van der Waals surface area contributed by atoms with Gasteiger partial charge in [0.2, 0.25) is 5.91 Å². The number of nitrogens with one attached hydrogen (secondary N) is 3. The second-order valence-corrected chi connectivity index (χ2v) is 8.10. The monoisotopic (exact) mass is 434 g/mol. The normalized spacial score (nSPS) is 18.1. The van der Waals surface area contributed by atoms with E-state index >= 15 is 0 Å². The molecule has 0 unspecified atom stereocenters. The quantitative estimate of drug-likeness (QED) is 0.474. The molecule has 4 amide bonds. The SMILES string of the molecule is COc1ccccc1C[C@]1(C)NC(=O)N(CC(=O)NCCc2c[nH]c3ccccc23)C1=O. The van der Waals surface area contributed by atoms with Gasteiger partial charge in [-0.3, -0.25) is 14.5 Å². The molecule has 8 nitrogen and oxygen atoms in total. The molecule has 1 saturated heterocycles. The van der Waals surface area contributed by atoms with Crippen LogP contribution in [-0.2, 0) is 22.4 Å². The van der Waals surface area contributed by atoms with E-state index in [2.05, 4.69) is 15.6 Å². The maximum Gasteiger partial charge on any atom is 0.325 e. The fourth-order valence-corrected chi connectivity index (χ4v) is 4.11. The number of urea groups is 1. The standard InChI is InChI=1S/C24H26N4O4/c1-24(13-16-7-3-6-10-20(16)32-2)22(30)28(23(31)27-24)15-21(29)25-12-11-17-14-26-19-9-5-4-8-18(17)19/h3-10,14,26H,11-13,15H2,1-2H3,(H,25,29)(H,27,31)/t24-/m0/s1. The van der Waals surface area contributed by atoms with Crippen molar-refractivity contribution in [1.29, 1.82) is 0 Å². The fraction of sp³-hybridized carbons (Fsp3) is 0.292. The molecule has 0 bridgehead atoms. The lowest BCUT2D eigenvalue weighted by Crippen LogP contribution is -2.47. The van der Waals surface area contributed by atoms with Gasteiger partial charge in [-0.05, 0) is 36.6 Å². The first kappa shape index (κ1) is 21.4. The topological polar surface area (TPSA) is 104 Å². The molecule has 1 aromatic heterocycles. The summed E-state index contributed by atoms with van der Waals surface area (Å²) in [7, 11) is 1.56. The second-order valence-electron chi connectivity index (χ2n) is 8.10. The molecule has 0 aliphatic carbocycles. The molecule has 3 N–H and O–H groups in total. The van der Waals surface area contributed by atoms with E-state index in [-0.39, 0.29) is 18.9 Å². The van der Waals surface area contributed by atoms with E-state index in [0.717, 1.165) is 26.9 Å². The zero-order valence-corrected chi connectivity index (χ0v) is 18.1. The van der Waals surface area contributed by atoms with Crippen molar-refractivity contribution >= 4 is 28.7 Å². The molecule has 166 valence electrons. The Morgan fingerprint density at radius 2 is 1.84 bits per heavy atom. The van der Waals surface area contributed by atoms with Crippen LogP contribution < -0.4 is 15.4 Å². The van der Waals surface area contributed by atoms with Crippen LogP contribution in [0.25, 0.3) is 10.9 Å². The van der Waals surface area contributed by atoms with Gasteiger partial charge in [0.15, 0.2) is 0 Å². The Labute approximate surface area is 185 Å². The van der Waals surface area contributed by atoms with Gasteiger partial charge in [0.25, 0.3) is 5.91 Å². The third-order valence-electron chi connectivity index (χ3n) is 5.77. The maximum absolute atomic E-state index is 13.0. The number of methoxy groups -OCH3 is 1. The zero-order valence-electron chi connectivity index (χ0n) is 18.1. The lowest BCUT2D eigenvalue weighted by atomic mass is 9.92. The summed E-state index contributed by atoms with van der Waals surface area (Å²) in [6.45, 7) is 1.75. The molecule has 2 heterocycles. The number of H-pyrrole nitrogens is 1. The van der Waals surface area contributed by atoms with Crippen LogP contribution in [0.5, 0.6) is 5.75 Å². The minimum atomic E-state index is -1.14. The van der Waals surface area contributed by atoms with E-state index < -0.39 is 17.5 Å². The number of rotatable bonds is 8. The van der Waals surface area contributed by atoms with Gasteiger partial charge in [-0.15, -0.1) is 0 Å². The van der Waals surface area contributed by atoms with E-state index in [1.54, 1.807) is 20.1 Å². The molecule has 0 radical (unpaired) electrons. The fourth-order valence-electron chi connectivity index (χ4n) is 4.11. The van der Waals surface area contributed by atoms with E-state index in [0.29, 0.717) is 18.7 Å². The number of hydrogen-bond donors (Lipinski definition) is 3. The molecular formula is C24H26N4O4. The number of imide groups is 1. The Balaban J connectivity index is 1.35. The van der Waals surface area contributed by atoms with Crippen LogP contribution in [-0.4, -0.2) is 53.5 Å². The van der Waals surface area contributed by atoms with Gasteiger partial charge in [-0.25, -0.2) is 4.79 Å². The number of aromatic nitrogens is 1. The minimum Gasteiger partial charge on any atom is -0.496 e. The Hall–Kier alpha value is -3.81. The third-order valence-corrected chi connectivity index (χ3v) is 5.77. The largest absolute Gasteiger partial charge is 0.496 e. The number of fused-ring (bicyclic) bond motifs is 1. The summed E-state index contributed by atoms with van der Waals surface area (Å²) in [5, 5.41) is 6.65. The van der Waals surface area contributed by atoms with Crippen molar-refractivity contribution in [3.05, 3.63) is 65.9 Å². The van der Waals surface area contributed by atoms with Crippen LogP contribution in [0.3, 0.4) is 0 Å². The van der Waals surface area contributed by atoms with Crippen molar-refractivity contribution in [3.63, 3.8) is 0 Å². The first-order valence-electron chi connectivity index (χ1n) is 10.5. The van der Waals surface area contributed by atoms with Gasteiger partial charge in [-0.1, -0.05) is 36.4 Å². The Morgan fingerprint density at radius 3 is 2.66 bits per heavy atom. The van der Waals surface area contributed by atoms with Crippen LogP contribution >= 0.6 is 0 Å². The van der Waals surface area contributed by atoms with Gasteiger partial charge < -0.3 is 20.4 Å². The van der Waals surface area contributed by atoms with Gasteiger partial charge in [0, 0.05) is 30.1 Å². The molecule has 1 aliphatic heterocycles. The van der Waals surface area contributed by atoms with Gasteiger partial charge in [-0.2, -0.15) is 0 Å². The summed E-state index contributed by atoms with van der Waals surface area (Å²) < 4.78 is 5.35. The summed E-state index contributed by atoms with van der Waals surface area (Å²) in [6.07, 6.45) is 2.83. The van der Waals surface area contributed by atoms with Crippen molar-refractivity contribution in [2.75, 3.05) is 20.2 Å². The first-order valence-corrected chi connectivity index (χ1v) is 10.5. The molecule has 2 aromatic carbocycles. The maximum atomic E-state index is 13.0. The Bertz CT molecular complexity index is 1170. The molecule has 0 saturated carbocycles. The van der Waals surface area contributed by atoms with Crippen molar-refractivity contribution in [3.8, 4) is 5.75 Å². The molecule has 8 heteroatoms. The molecule has 32 heavy (non-hydrogen) atoms. The summed E-state index contributed by atoms with van der Waals surface area (Å²) in [6, 6.07) is 14.7. The van der Waals surface area contributed by atoms with Crippen LogP contribution in [0, 0.1) is 0 Å². The number of para-hydroxylation sites is 2. The van der Waals surface area contributed by atoms with Crippen molar-refractivity contribution in [1.82, 2.24) is 20.5 Å². The number of benzene rings is 2. The highest BCUT2D eigenvalue weighted by atomic mass is 16.5. The summed E-state index contributed by atoms with van der Waals surface area (Å²) >= 11 is 0. The minimum absolute atomic E-state index is 0.264. The highest BCUT2D eigenvalue weighted by Crippen LogP contribution is 2.27. The molecular weight excluding hydrogens is 408 g/mol. The molecule has 1 aliphatic rings. The van der Waals surface area contributed by atoms with Gasteiger partial charge in [0.05, 0.1) is 7.11 Å². The third kappa shape index (κ3) is 4.16. The number of carbonyl (C=O) groups is 3. The van der Waals surface area contributed by atoms with Crippen molar-refractivity contribution in [2.24, 2.45) is 0 Å². The second kappa shape index (κ2) is 8.74. The molecule has 3 aromatic rings. The van der Waals surface area contributed by atoms with E-state index in [1.807, 2.05) is 48.7 Å². The molecule has 4 rings (SSSR count). The number of ether oxygens (including phenoxy) is 1. The lowest BCUT2D eigenvalue weighted by Gasteiger charge is -2.22. The zero-order chi connectivity index (χ0) is 22.7. The number of nitrogens with zero attached hydrogens (tertiary/aromatic N) is 1. The Morgan fingerprint density at radius 1 is 1.09 bits per heavy atom. The highest BCUT2D eigenvalue weighted by molar-refractivity contribution is 6.09. The van der Waals surface area contributed by atoms with Gasteiger partial charge in [0.1, 0.15) is 17.8 Å². The van der Waals surface area contributed by atoms with Crippen LogP contribution in [0.1, 0.15) is 18.1 Å². The molecule has 0 spiro atoms. The average molecular weight is 434 g/mol. The van der Waals surface area contributed by atoms with E-state index in [1.165, 1.54) is 0 Å². The first-order chi connectivity index (χ1) is 15.4. The molecule has 1 fully saturated rings. The lowest BCUT2D eigenvalue weighted by molar-refractivity contribution is -0.134. The number of aromatic amines is 1. The smallest absolute Gasteiger partial charge is 0.325 e. The Kier molecular flexibility index (Phi) is 5.85. The molecule has 1 atom stereocenters. The summed E-state index contributed by atoms with van der Waals surface area (Å²) in [5.74, 6) is -0.167. The van der Waals surface area contributed by atoms with E-state index in [9.17, 15) is 14.4 Å². The van der Waals surface area contributed by atoms with Gasteiger partial charge >= 0.3 is 6.03 Å². The van der Waals surface area contributed by atoms with Crippen molar-refractivity contribution < 1.29 is 19.1 Å². The van der Waals surface area contributed by atoms with Crippen LogP contribution in [0.4, 0.5) is 4.79 Å². The van der Waals surface area contributed by atoms with Crippen LogP contribution in [0.2, 0.25) is 0 Å².